The largest absolute Gasteiger partial charge is 0.506 e. The average molecular weight is 310 g/mol. The van der Waals surface area contributed by atoms with E-state index in [1.54, 1.807) is 0 Å². The van der Waals surface area contributed by atoms with Crippen molar-refractivity contribution in [2.75, 3.05) is 13.6 Å². The molecule has 3 heteroatoms. The summed E-state index contributed by atoms with van der Waals surface area (Å²) in [5.41, 5.74) is 3.11. The number of aromatic amines is 1. The Labute approximate surface area is 137 Å². The number of benzene rings is 2. The molecule has 23 heavy (non-hydrogen) atoms. The van der Waals surface area contributed by atoms with E-state index in [1.807, 2.05) is 18.2 Å². The van der Waals surface area contributed by atoms with Gasteiger partial charge in [-0.05, 0) is 23.9 Å². The number of pyridine rings is 1. The molecule has 1 aromatic heterocycles. The lowest BCUT2D eigenvalue weighted by atomic mass is 10.0. The number of unbranched alkanes of at least 4 members (excludes halogenated alkanes) is 1. The van der Waals surface area contributed by atoms with E-state index < -0.39 is 0 Å². The summed E-state index contributed by atoms with van der Waals surface area (Å²) >= 11 is 0. The van der Waals surface area contributed by atoms with Crippen molar-refractivity contribution in [3.8, 4) is 5.75 Å². The Morgan fingerprint density at radius 3 is 2.65 bits per heavy atom. The maximum absolute atomic E-state index is 10.8. The van der Waals surface area contributed by atoms with Crippen molar-refractivity contribution in [2.24, 2.45) is 0 Å². The Morgan fingerprint density at radius 1 is 1.09 bits per heavy atom. The van der Waals surface area contributed by atoms with Crippen molar-refractivity contribution in [3.05, 3.63) is 47.7 Å². The molecule has 0 saturated heterocycles. The van der Waals surface area contributed by atoms with Crippen LogP contribution >= 0.6 is 0 Å². The van der Waals surface area contributed by atoms with Crippen LogP contribution in [-0.2, 0) is 6.54 Å². The van der Waals surface area contributed by atoms with E-state index in [1.165, 1.54) is 23.1 Å². The first-order valence-corrected chi connectivity index (χ1v) is 8.48. The molecular formula is C20H26N2O+2. The van der Waals surface area contributed by atoms with Crippen molar-refractivity contribution < 1.29 is 15.0 Å². The third-order valence-corrected chi connectivity index (χ3v) is 4.67. The van der Waals surface area contributed by atoms with E-state index in [-0.39, 0.29) is 0 Å². The van der Waals surface area contributed by atoms with Gasteiger partial charge < -0.3 is 10.0 Å². The lowest BCUT2D eigenvalue weighted by Gasteiger charge is -2.15. The van der Waals surface area contributed by atoms with Gasteiger partial charge in [0.15, 0.2) is 5.69 Å². The van der Waals surface area contributed by atoms with Crippen molar-refractivity contribution in [3.63, 3.8) is 0 Å². The second-order valence-corrected chi connectivity index (χ2v) is 6.52. The lowest BCUT2D eigenvalue weighted by molar-refractivity contribution is -0.894. The predicted octanol–water partition coefficient (Wildman–Crippen LogP) is 2.64. The minimum absolute atomic E-state index is 0.429. The van der Waals surface area contributed by atoms with Crippen LogP contribution in [0.5, 0.6) is 5.75 Å². The molecule has 3 nitrogen and oxygen atoms in total. The number of hydrogen-bond donors (Lipinski definition) is 2. The molecule has 0 bridgehead atoms. The van der Waals surface area contributed by atoms with Crippen LogP contribution in [0.2, 0.25) is 0 Å². The van der Waals surface area contributed by atoms with Gasteiger partial charge in [-0.1, -0.05) is 37.6 Å². The Balaban J connectivity index is 2.09. The third kappa shape index (κ3) is 3.02. The minimum atomic E-state index is 0.429. The van der Waals surface area contributed by atoms with Crippen LogP contribution in [-0.4, -0.2) is 18.7 Å². The van der Waals surface area contributed by atoms with Crippen LogP contribution in [0.1, 0.15) is 31.0 Å². The Hall–Kier alpha value is -2.13. The molecule has 0 fully saturated rings. The minimum Gasteiger partial charge on any atom is -0.506 e. The third-order valence-electron chi connectivity index (χ3n) is 4.67. The quantitative estimate of drug-likeness (QED) is 0.699. The summed E-state index contributed by atoms with van der Waals surface area (Å²) < 4.78 is 0. The van der Waals surface area contributed by atoms with Gasteiger partial charge in [-0.3, -0.25) is 0 Å². The first kappa shape index (κ1) is 15.8. The lowest BCUT2D eigenvalue weighted by Crippen LogP contribution is -3.07. The summed E-state index contributed by atoms with van der Waals surface area (Å²) in [5, 5.41) is 14.1. The van der Waals surface area contributed by atoms with Gasteiger partial charge in [-0.25, -0.2) is 4.98 Å². The highest BCUT2D eigenvalue weighted by molar-refractivity contribution is 6.05. The van der Waals surface area contributed by atoms with E-state index in [0.29, 0.717) is 5.75 Å². The van der Waals surface area contributed by atoms with Crippen LogP contribution in [0.25, 0.3) is 21.7 Å². The molecule has 0 radical (unpaired) electrons. The highest BCUT2D eigenvalue weighted by Gasteiger charge is 2.21. The van der Waals surface area contributed by atoms with Crippen molar-refractivity contribution >= 4 is 21.7 Å². The maximum atomic E-state index is 10.8. The number of nitrogens with one attached hydrogen (secondary N) is 2. The van der Waals surface area contributed by atoms with Gasteiger partial charge in [-0.2, -0.15) is 0 Å². The molecule has 1 heterocycles. The molecule has 0 saturated carbocycles. The number of aromatic nitrogens is 1. The molecular weight excluding hydrogens is 284 g/mol. The molecule has 120 valence electrons. The van der Waals surface area contributed by atoms with E-state index in [9.17, 15) is 5.11 Å². The SMILES string of the molecule is CCCC[NH+](C)Cc1c(C)[nH+]c2c(ccc3ccccc32)c1O. The van der Waals surface area contributed by atoms with Crippen LogP contribution < -0.4 is 9.88 Å². The maximum Gasteiger partial charge on any atom is 0.222 e. The first-order valence-electron chi connectivity index (χ1n) is 8.48. The van der Waals surface area contributed by atoms with Gasteiger partial charge in [0, 0.05) is 6.92 Å². The number of hydrogen-bond acceptors (Lipinski definition) is 1. The van der Waals surface area contributed by atoms with Crippen molar-refractivity contribution in [2.45, 2.75) is 33.2 Å². The molecule has 0 amide bonds. The van der Waals surface area contributed by atoms with Gasteiger partial charge in [0.2, 0.25) is 5.52 Å². The number of H-pyrrole nitrogens is 1. The Morgan fingerprint density at radius 2 is 1.87 bits per heavy atom. The molecule has 3 N–H and O–H groups in total. The first-order chi connectivity index (χ1) is 11.1. The molecule has 1 atom stereocenters. The fraction of sp³-hybridized carbons (Fsp3) is 0.350. The fourth-order valence-corrected chi connectivity index (χ4v) is 3.29. The van der Waals surface area contributed by atoms with Gasteiger partial charge in [-0.15, -0.1) is 0 Å². The molecule has 1 unspecified atom stereocenters. The molecule has 3 aromatic rings. The van der Waals surface area contributed by atoms with Crippen LogP contribution in [0, 0.1) is 6.92 Å². The van der Waals surface area contributed by atoms with E-state index in [4.69, 9.17) is 0 Å². The normalized spacial score (nSPS) is 12.8. The standard InChI is InChI=1S/C20H24N2O/c1-4-5-12-22(3)13-18-14(2)21-19-16-9-7-6-8-15(16)10-11-17(19)20(18)23/h6-11H,4-5,12-13H2,1-3H3,(H,21,23)/p+2. The predicted molar refractivity (Wildman–Crippen MR) is 94.8 cm³/mol. The zero-order valence-electron chi connectivity index (χ0n) is 14.2. The number of rotatable bonds is 5. The van der Waals surface area contributed by atoms with Gasteiger partial charge in [0.1, 0.15) is 17.9 Å². The fourth-order valence-electron chi connectivity index (χ4n) is 3.29. The number of aryl methyl sites for hydroxylation is 1. The summed E-state index contributed by atoms with van der Waals surface area (Å²) in [5.74, 6) is 0.429. The zero-order valence-corrected chi connectivity index (χ0v) is 14.2. The summed E-state index contributed by atoms with van der Waals surface area (Å²) in [7, 11) is 2.19. The van der Waals surface area contributed by atoms with Crippen LogP contribution in [0.3, 0.4) is 0 Å². The van der Waals surface area contributed by atoms with E-state index >= 15 is 0 Å². The molecule has 2 aromatic carbocycles. The average Bonchev–Trinajstić information content (AvgIpc) is 2.56. The summed E-state index contributed by atoms with van der Waals surface area (Å²) in [6.45, 7) is 6.25. The molecule has 0 aliphatic rings. The summed E-state index contributed by atoms with van der Waals surface area (Å²) in [6, 6.07) is 12.4. The number of fused-ring (bicyclic) bond motifs is 3. The molecule has 0 aliphatic carbocycles. The Bertz CT molecular complexity index is 842. The zero-order chi connectivity index (χ0) is 16.4. The van der Waals surface area contributed by atoms with Crippen LogP contribution in [0.15, 0.2) is 36.4 Å². The topological polar surface area (TPSA) is 38.8 Å². The molecule has 0 spiro atoms. The molecule has 3 rings (SSSR count). The second kappa shape index (κ2) is 6.55. The molecule has 0 aliphatic heterocycles. The highest BCUT2D eigenvalue weighted by Crippen LogP contribution is 2.31. The van der Waals surface area contributed by atoms with Gasteiger partial charge in [0.25, 0.3) is 0 Å². The van der Waals surface area contributed by atoms with E-state index in [2.05, 4.69) is 44.1 Å². The van der Waals surface area contributed by atoms with Gasteiger partial charge in [0.05, 0.1) is 24.4 Å². The second-order valence-electron chi connectivity index (χ2n) is 6.52. The monoisotopic (exact) mass is 310 g/mol. The van der Waals surface area contributed by atoms with Crippen LogP contribution in [0.4, 0.5) is 0 Å². The van der Waals surface area contributed by atoms with Crippen molar-refractivity contribution in [1.82, 2.24) is 0 Å². The summed E-state index contributed by atoms with van der Waals surface area (Å²) in [6.07, 6.45) is 2.42. The Kier molecular flexibility index (Phi) is 4.49. The van der Waals surface area contributed by atoms with Crippen molar-refractivity contribution in [1.29, 1.82) is 0 Å². The van der Waals surface area contributed by atoms with Gasteiger partial charge >= 0.3 is 0 Å². The highest BCUT2D eigenvalue weighted by atomic mass is 16.3. The smallest absolute Gasteiger partial charge is 0.222 e. The number of aromatic hydroxyl groups is 1. The number of quaternary nitrogens is 1. The summed E-state index contributed by atoms with van der Waals surface area (Å²) in [4.78, 5) is 4.96. The van der Waals surface area contributed by atoms with E-state index in [0.717, 1.165) is 40.6 Å².